The summed E-state index contributed by atoms with van der Waals surface area (Å²) in [7, 11) is 0. The van der Waals surface area contributed by atoms with Crippen LogP contribution in [0.1, 0.15) is 26.3 Å². The number of nitrogens with one attached hydrogen (secondary N) is 1. The molecule has 1 N–H and O–H groups in total. The van der Waals surface area contributed by atoms with Crippen molar-refractivity contribution in [2.45, 2.75) is 6.54 Å². The summed E-state index contributed by atoms with van der Waals surface area (Å²) >= 11 is 0. The van der Waals surface area contributed by atoms with Crippen molar-refractivity contribution < 1.29 is 19.1 Å². The Labute approximate surface area is 162 Å². The number of hydrogen-bond donors (Lipinski definition) is 1. The van der Waals surface area contributed by atoms with E-state index in [-0.39, 0.29) is 6.54 Å². The minimum absolute atomic E-state index is 0.304. The molecule has 1 saturated heterocycles. The zero-order valence-corrected chi connectivity index (χ0v) is 15.4. The lowest BCUT2D eigenvalue weighted by atomic mass is 10.1. The number of nitrogens with zero attached hydrogens (tertiary/aromatic N) is 2. The van der Waals surface area contributed by atoms with Gasteiger partial charge in [-0.15, -0.1) is 0 Å². The minimum atomic E-state index is -0.434. The molecule has 144 valence electrons. The molecule has 28 heavy (non-hydrogen) atoms. The first-order valence-corrected chi connectivity index (χ1v) is 9.26. The van der Waals surface area contributed by atoms with Crippen LogP contribution < -0.4 is 5.32 Å². The molecule has 0 aromatic heterocycles. The summed E-state index contributed by atoms with van der Waals surface area (Å²) in [6, 6.07) is 14.2. The molecule has 2 aliphatic heterocycles. The van der Waals surface area contributed by atoms with E-state index in [1.165, 1.54) is 0 Å². The number of amides is 3. The Morgan fingerprint density at radius 3 is 2.14 bits per heavy atom. The average Bonchev–Trinajstić information content (AvgIpc) is 2.95. The first-order valence-electron chi connectivity index (χ1n) is 9.26. The van der Waals surface area contributed by atoms with Crippen LogP contribution in [0.3, 0.4) is 0 Å². The van der Waals surface area contributed by atoms with Crippen LogP contribution in [-0.4, -0.2) is 60.4 Å². The van der Waals surface area contributed by atoms with E-state index in [2.05, 4.69) is 10.2 Å². The van der Waals surface area contributed by atoms with E-state index >= 15 is 0 Å². The molecule has 0 atom stereocenters. The van der Waals surface area contributed by atoms with Gasteiger partial charge in [-0.05, 0) is 29.8 Å². The number of imide groups is 1. The van der Waals surface area contributed by atoms with E-state index in [0.29, 0.717) is 16.8 Å². The minimum Gasteiger partial charge on any atom is -0.379 e. The number of carbonyl (C=O) groups is 3. The van der Waals surface area contributed by atoms with Gasteiger partial charge in [-0.1, -0.05) is 24.3 Å². The topological polar surface area (TPSA) is 79.0 Å². The fraction of sp³-hybridized carbons (Fsp3) is 0.286. The molecule has 7 nitrogen and oxygen atoms in total. The summed E-state index contributed by atoms with van der Waals surface area (Å²) < 4.78 is 5.35. The summed E-state index contributed by atoms with van der Waals surface area (Å²) in [6.45, 7) is 3.88. The number of anilines is 1. The maximum absolute atomic E-state index is 12.3. The number of hydrogen-bond acceptors (Lipinski definition) is 5. The van der Waals surface area contributed by atoms with Gasteiger partial charge in [0.15, 0.2) is 0 Å². The average molecular weight is 379 g/mol. The number of morpholine rings is 1. The van der Waals surface area contributed by atoms with Crippen LogP contribution in [0.25, 0.3) is 0 Å². The van der Waals surface area contributed by atoms with Crippen LogP contribution in [-0.2, 0) is 16.1 Å². The molecule has 2 aromatic rings. The number of carbonyl (C=O) groups excluding carboxylic acids is 3. The van der Waals surface area contributed by atoms with Crippen LogP contribution in [0.15, 0.2) is 48.5 Å². The van der Waals surface area contributed by atoms with E-state index < -0.39 is 17.7 Å². The summed E-state index contributed by atoms with van der Waals surface area (Å²) in [5.74, 6) is -1.27. The molecule has 2 aromatic carbocycles. The van der Waals surface area contributed by atoms with Crippen LogP contribution >= 0.6 is 0 Å². The summed E-state index contributed by atoms with van der Waals surface area (Å²) in [6.07, 6.45) is 0. The fourth-order valence-corrected chi connectivity index (χ4v) is 3.44. The third-order valence-electron chi connectivity index (χ3n) is 4.93. The zero-order chi connectivity index (χ0) is 19.5. The monoisotopic (exact) mass is 379 g/mol. The van der Waals surface area contributed by atoms with Gasteiger partial charge in [0.05, 0.1) is 24.3 Å². The molecule has 0 saturated carbocycles. The Morgan fingerprint density at radius 2 is 1.54 bits per heavy atom. The number of rotatable bonds is 5. The molecule has 4 rings (SSSR count). The van der Waals surface area contributed by atoms with Crippen molar-refractivity contribution in [3.8, 4) is 0 Å². The standard InChI is InChI=1S/C21H21N3O4/c25-19(14-24-20(26)17-3-1-2-4-18(17)21(24)27)22-16-7-5-15(6-8-16)13-23-9-11-28-12-10-23/h1-8H,9-14H2,(H,22,25). The van der Waals surface area contributed by atoms with Gasteiger partial charge in [0.1, 0.15) is 6.54 Å². The van der Waals surface area contributed by atoms with E-state index in [0.717, 1.165) is 43.3 Å². The molecular weight excluding hydrogens is 358 g/mol. The molecule has 0 spiro atoms. The van der Waals surface area contributed by atoms with Gasteiger partial charge in [-0.2, -0.15) is 0 Å². The summed E-state index contributed by atoms with van der Waals surface area (Å²) in [4.78, 5) is 40.3. The van der Waals surface area contributed by atoms with Crippen LogP contribution in [0, 0.1) is 0 Å². The van der Waals surface area contributed by atoms with Gasteiger partial charge in [0.2, 0.25) is 5.91 Å². The molecule has 1 fully saturated rings. The molecular formula is C21H21N3O4. The second-order valence-electron chi connectivity index (χ2n) is 6.88. The smallest absolute Gasteiger partial charge is 0.262 e. The van der Waals surface area contributed by atoms with Gasteiger partial charge in [-0.25, -0.2) is 0 Å². The van der Waals surface area contributed by atoms with Crippen LogP contribution in [0.4, 0.5) is 5.69 Å². The largest absolute Gasteiger partial charge is 0.379 e. The predicted octanol–water partition coefficient (Wildman–Crippen LogP) is 1.75. The van der Waals surface area contributed by atoms with Gasteiger partial charge >= 0.3 is 0 Å². The summed E-state index contributed by atoms with van der Waals surface area (Å²) in [5.41, 5.74) is 2.47. The highest BCUT2D eigenvalue weighted by Crippen LogP contribution is 2.22. The van der Waals surface area contributed by atoms with E-state index in [4.69, 9.17) is 4.74 Å². The Kier molecular flexibility index (Phi) is 5.18. The fourth-order valence-electron chi connectivity index (χ4n) is 3.44. The highest BCUT2D eigenvalue weighted by Gasteiger charge is 2.36. The predicted molar refractivity (Wildman–Crippen MR) is 103 cm³/mol. The van der Waals surface area contributed by atoms with Gasteiger partial charge in [0.25, 0.3) is 11.8 Å². The Bertz CT molecular complexity index is 869. The van der Waals surface area contributed by atoms with Crippen molar-refractivity contribution in [1.29, 1.82) is 0 Å². The van der Waals surface area contributed by atoms with Crippen molar-refractivity contribution in [2.24, 2.45) is 0 Å². The van der Waals surface area contributed by atoms with E-state index in [1.54, 1.807) is 24.3 Å². The zero-order valence-electron chi connectivity index (χ0n) is 15.4. The molecule has 0 unspecified atom stereocenters. The molecule has 2 heterocycles. The first-order chi connectivity index (χ1) is 13.6. The normalized spacial score (nSPS) is 16.9. The van der Waals surface area contributed by atoms with Crippen LogP contribution in [0.2, 0.25) is 0 Å². The lowest BCUT2D eigenvalue weighted by molar-refractivity contribution is -0.116. The molecule has 0 bridgehead atoms. The molecule has 3 amide bonds. The maximum atomic E-state index is 12.3. The van der Waals surface area contributed by atoms with Gasteiger partial charge < -0.3 is 10.1 Å². The molecule has 7 heteroatoms. The molecule has 0 radical (unpaired) electrons. The molecule has 2 aliphatic rings. The number of benzene rings is 2. The van der Waals surface area contributed by atoms with Crippen molar-refractivity contribution in [2.75, 3.05) is 38.2 Å². The van der Waals surface area contributed by atoms with E-state index in [9.17, 15) is 14.4 Å². The Morgan fingerprint density at radius 1 is 0.929 bits per heavy atom. The first kappa shape index (κ1) is 18.3. The number of ether oxygens (including phenoxy) is 1. The van der Waals surface area contributed by atoms with Crippen LogP contribution in [0.5, 0.6) is 0 Å². The van der Waals surface area contributed by atoms with Gasteiger partial charge in [0, 0.05) is 25.3 Å². The SMILES string of the molecule is O=C(CN1C(=O)c2ccccc2C1=O)Nc1ccc(CN2CCOCC2)cc1. The summed E-state index contributed by atoms with van der Waals surface area (Å²) in [5, 5.41) is 2.75. The highest BCUT2D eigenvalue weighted by molar-refractivity contribution is 6.22. The quantitative estimate of drug-likeness (QED) is 0.801. The maximum Gasteiger partial charge on any atom is 0.262 e. The van der Waals surface area contributed by atoms with Crippen molar-refractivity contribution in [1.82, 2.24) is 9.80 Å². The van der Waals surface area contributed by atoms with Crippen molar-refractivity contribution in [3.63, 3.8) is 0 Å². The third kappa shape index (κ3) is 3.81. The van der Waals surface area contributed by atoms with Crippen molar-refractivity contribution in [3.05, 3.63) is 65.2 Å². The highest BCUT2D eigenvalue weighted by atomic mass is 16.5. The van der Waals surface area contributed by atoms with E-state index in [1.807, 2.05) is 24.3 Å². The van der Waals surface area contributed by atoms with Crippen molar-refractivity contribution >= 4 is 23.4 Å². The lowest BCUT2D eigenvalue weighted by Gasteiger charge is -2.26. The number of fused-ring (bicyclic) bond motifs is 1. The second kappa shape index (κ2) is 7.92. The molecule has 0 aliphatic carbocycles. The Hall–Kier alpha value is -3.03. The second-order valence-corrected chi connectivity index (χ2v) is 6.88. The lowest BCUT2D eigenvalue weighted by Crippen LogP contribution is -2.37. The Balaban J connectivity index is 1.34. The van der Waals surface area contributed by atoms with Gasteiger partial charge in [-0.3, -0.25) is 24.2 Å². The third-order valence-corrected chi connectivity index (χ3v) is 4.93.